The van der Waals surface area contributed by atoms with Crippen LogP contribution in [0.1, 0.15) is 51.3 Å². The molecule has 1 heteroatoms. The Balaban J connectivity index is 3.37. The highest BCUT2D eigenvalue weighted by atomic mass is 16.5. The molecule has 90 valence electrons. The second kappa shape index (κ2) is 4.90. The first kappa shape index (κ1) is 13.1. The molecular weight excluding hydrogens is 196 g/mol. The average Bonchev–Trinajstić information content (AvgIpc) is 2.25. The summed E-state index contributed by atoms with van der Waals surface area (Å²) in [5, 5.41) is 0. The molecule has 0 aromatic heterocycles. The van der Waals surface area contributed by atoms with Crippen molar-refractivity contribution in [2.24, 2.45) is 0 Å². The predicted molar refractivity (Wildman–Crippen MR) is 70.5 cm³/mol. The number of rotatable bonds is 3. The second-order valence-corrected chi connectivity index (χ2v) is 5.28. The van der Waals surface area contributed by atoms with Gasteiger partial charge in [-0.05, 0) is 34.9 Å². The van der Waals surface area contributed by atoms with E-state index in [1.807, 2.05) is 0 Å². The minimum absolute atomic E-state index is 0.208. The van der Waals surface area contributed by atoms with E-state index in [1.54, 1.807) is 7.11 Å². The van der Waals surface area contributed by atoms with E-state index in [0.717, 1.165) is 18.6 Å². The predicted octanol–water partition coefficient (Wildman–Crippen LogP) is 4.12. The molecule has 0 saturated carbocycles. The maximum absolute atomic E-state index is 5.53. The van der Waals surface area contributed by atoms with Gasteiger partial charge in [-0.15, -0.1) is 0 Å². The fourth-order valence-electron chi connectivity index (χ4n) is 1.97. The Morgan fingerprint density at radius 1 is 1.00 bits per heavy atom. The molecule has 0 aliphatic rings. The number of benzene rings is 1. The van der Waals surface area contributed by atoms with E-state index in [2.05, 4.69) is 46.8 Å². The van der Waals surface area contributed by atoms with E-state index in [1.165, 1.54) is 16.7 Å². The Morgan fingerprint density at radius 3 is 1.69 bits per heavy atom. The van der Waals surface area contributed by atoms with Crippen molar-refractivity contribution in [3.05, 3.63) is 28.8 Å². The highest BCUT2D eigenvalue weighted by molar-refractivity contribution is 5.46. The molecule has 0 amide bonds. The monoisotopic (exact) mass is 220 g/mol. The molecule has 0 fully saturated rings. The van der Waals surface area contributed by atoms with Gasteiger partial charge in [0.2, 0.25) is 0 Å². The molecule has 0 radical (unpaired) electrons. The number of aryl methyl sites for hydroxylation is 2. The third kappa shape index (κ3) is 2.58. The van der Waals surface area contributed by atoms with Crippen molar-refractivity contribution >= 4 is 0 Å². The van der Waals surface area contributed by atoms with Crippen LogP contribution in [0.5, 0.6) is 5.75 Å². The van der Waals surface area contributed by atoms with E-state index >= 15 is 0 Å². The highest BCUT2D eigenvalue weighted by Gasteiger charge is 2.17. The van der Waals surface area contributed by atoms with Gasteiger partial charge in [0.15, 0.2) is 0 Å². The molecule has 0 heterocycles. The van der Waals surface area contributed by atoms with E-state index in [-0.39, 0.29) is 5.41 Å². The molecule has 0 bridgehead atoms. The van der Waals surface area contributed by atoms with Crippen LogP contribution in [0.25, 0.3) is 0 Å². The van der Waals surface area contributed by atoms with E-state index in [4.69, 9.17) is 4.74 Å². The molecule has 0 unspecified atom stereocenters. The molecule has 1 rings (SSSR count). The molecule has 16 heavy (non-hydrogen) atoms. The second-order valence-electron chi connectivity index (χ2n) is 5.28. The molecule has 1 nitrogen and oxygen atoms in total. The molecule has 0 aliphatic heterocycles. The fraction of sp³-hybridized carbons (Fsp3) is 0.600. The smallest absolute Gasteiger partial charge is 0.125 e. The van der Waals surface area contributed by atoms with Gasteiger partial charge < -0.3 is 4.74 Å². The lowest BCUT2D eigenvalue weighted by Crippen LogP contribution is -2.13. The normalized spacial score (nSPS) is 11.6. The van der Waals surface area contributed by atoms with E-state index < -0.39 is 0 Å². The maximum atomic E-state index is 5.53. The number of hydrogen-bond donors (Lipinski definition) is 0. The summed E-state index contributed by atoms with van der Waals surface area (Å²) in [6.07, 6.45) is 2.06. The summed E-state index contributed by atoms with van der Waals surface area (Å²) in [6.45, 7) is 11.1. The van der Waals surface area contributed by atoms with Crippen molar-refractivity contribution in [1.82, 2.24) is 0 Å². The van der Waals surface area contributed by atoms with Crippen molar-refractivity contribution < 1.29 is 4.74 Å². The lowest BCUT2D eigenvalue weighted by atomic mass is 9.84. The topological polar surface area (TPSA) is 9.23 Å². The standard InChI is InChI=1S/C15H24O/c1-7-11-9-13(15(3,4)5)10-12(8-2)14(11)16-6/h9-10H,7-8H2,1-6H3. The molecule has 0 atom stereocenters. The fourth-order valence-corrected chi connectivity index (χ4v) is 1.97. The van der Waals surface area contributed by atoms with Crippen LogP contribution in [0.4, 0.5) is 0 Å². The van der Waals surface area contributed by atoms with Crippen LogP contribution >= 0.6 is 0 Å². The van der Waals surface area contributed by atoms with Gasteiger partial charge in [0.25, 0.3) is 0 Å². The Hall–Kier alpha value is -0.980. The van der Waals surface area contributed by atoms with Gasteiger partial charge >= 0.3 is 0 Å². The van der Waals surface area contributed by atoms with Crippen LogP contribution in [0, 0.1) is 0 Å². The van der Waals surface area contributed by atoms with Crippen molar-refractivity contribution in [2.75, 3.05) is 7.11 Å². The van der Waals surface area contributed by atoms with Crippen LogP contribution < -0.4 is 4.74 Å². The summed E-state index contributed by atoms with van der Waals surface area (Å²) in [7, 11) is 1.77. The van der Waals surface area contributed by atoms with Crippen molar-refractivity contribution in [3.63, 3.8) is 0 Å². The molecule has 0 N–H and O–H groups in total. The third-order valence-electron chi connectivity index (χ3n) is 3.07. The zero-order valence-corrected chi connectivity index (χ0v) is 11.5. The van der Waals surface area contributed by atoms with Gasteiger partial charge in [0, 0.05) is 0 Å². The SMILES string of the molecule is CCc1cc(C(C)(C)C)cc(CC)c1OC. The zero-order chi connectivity index (χ0) is 12.3. The van der Waals surface area contributed by atoms with Crippen molar-refractivity contribution in [3.8, 4) is 5.75 Å². The van der Waals surface area contributed by atoms with Crippen LogP contribution in [-0.2, 0) is 18.3 Å². The van der Waals surface area contributed by atoms with Crippen LogP contribution in [0.3, 0.4) is 0 Å². The van der Waals surface area contributed by atoms with Gasteiger partial charge in [-0.1, -0.05) is 46.8 Å². The summed E-state index contributed by atoms with van der Waals surface area (Å²) in [5.41, 5.74) is 4.26. The summed E-state index contributed by atoms with van der Waals surface area (Å²) in [6, 6.07) is 4.58. The Morgan fingerprint density at radius 2 is 1.44 bits per heavy atom. The first-order chi connectivity index (χ1) is 7.43. The van der Waals surface area contributed by atoms with Crippen LogP contribution in [-0.4, -0.2) is 7.11 Å². The Kier molecular flexibility index (Phi) is 4.01. The highest BCUT2D eigenvalue weighted by Crippen LogP contribution is 2.32. The summed E-state index contributed by atoms with van der Waals surface area (Å²) < 4.78 is 5.53. The largest absolute Gasteiger partial charge is 0.496 e. The van der Waals surface area contributed by atoms with Gasteiger partial charge in [-0.2, -0.15) is 0 Å². The molecule has 0 saturated heterocycles. The minimum atomic E-state index is 0.208. The lowest BCUT2D eigenvalue weighted by molar-refractivity contribution is 0.404. The third-order valence-corrected chi connectivity index (χ3v) is 3.07. The molecule has 1 aromatic rings. The van der Waals surface area contributed by atoms with Crippen LogP contribution in [0.15, 0.2) is 12.1 Å². The maximum Gasteiger partial charge on any atom is 0.125 e. The quantitative estimate of drug-likeness (QED) is 0.744. The molecule has 0 spiro atoms. The van der Waals surface area contributed by atoms with Crippen molar-refractivity contribution in [2.45, 2.75) is 52.9 Å². The summed E-state index contributed by atoms with van der Waals surface area (Å²) in [5.74, 6) is 1.08. The first-order valence-electron chi connectivity index (χ1n) is 6.14. The van der Waals surface area contributed by atoms with Crippen LogP contribution in [0.2, 0.25) is 0 Å². The summed E-state index contributed by atoms with van der Waals surface area (Å²) in [4.78, 5) is 0. The minimum Gasteiger partial charge on any atom is -0.496 e. The van der Waals surface area contributed by atoms with Gasteiger partial charge in [-0.3, -0.25) is 0 Å². The summed E-state index contributed by atoms with van der Waals surface area (Å²) >= 11 is 0. The van der Waals surface area contributed by atoms with Gasteiger partial charge in [-0.25, -0.2) is 0 Å². The van der Waals surface area contributed by atoms with Gasteiger partial charge in [0.1, 0.15) is 5.75 Å². The van der Waals surface area contributed by atoms with Gasteiger partial charge in [0.05, 0.1) is 7.11 Å². The number of ether oxygens (including phenoxy) is 1. The number of methoxy groups -OCH3 is 1. The Bertz CT molecular complexity index is 333. The van der Waals surface area contributed by atoms with E-state index in [0.29, 0.717) is 0 Å². The first-order valence-corrected chi connectivity index (χ1v) is 6.14. The lowest BCUT2D eigenvalue weighted by Gasteiger charge is -2.23. The average molecular weight is 220 g/mol. The van der Waals surface area contributed by atoms with Crippen molar-refractivity contribution in [1.29, 1.82) is 0 Å². The molecule has 0 aliphatic carbocycles. The molecule has 1 aromatic carbocycles. The zero-order valence-electron chi connectivity index (χ0n) is 11.5. The molecular formula is C15H24O. The van der Waals surface area contributed by atoms with E-state index in [9.17, 15) is 0 Å². The Labute approximate surface area is 99.8 Å². The number of hydrogen-bond acceptors (Lipinski definition) is 1.